The molecule has 3 heteroatoms. The van der Waals surface area contributed by atoms with Gasteiger partial charge in [0.25, 0.3) is 5.56 Å². The second-order valence-corrected chi connectivity index (χ2v) is 4.65. The fourth-order valence-corrected chi connectivity index (χ4v) is 2.09. The Labute approximate surface area is 90.3 Å². The number of fused-ring (bicyclic) bond motifs is 1. The van der Waals surface area contributed by atoms with Gasteiger partial charge in [0.15, 0.2) is 0 Å². The van der Waals surface area contributed by atoms with E-state index in [1.165, 1.54) is 11.1 Å². The average Bonchev–Trinajstić information content (AvgIpc) is 2.17. The van der Waals surface area contributed by atoms with Gasteiger partial charge in [-0.2, -0.15) is 0 Å². The summed E-state index contributed by atoms with van der Waals surface area (Å²) in [6.45, 7) is 6.10. The third-order valence-corrected chi connectivity index (χ3v) is 3.02. The average molecular weight is 206 g/mol. The molecule has 82 valence electrons. The van der Waals surface area contributed by atoms with Gasteiger partial charge >= 0.3 is 0 Å². The Morgan fingerprint density at radius 3 is 2.73 bits per heavy atom. The van der Waals surface area contributed by atoms with Crippen molar-refractivity contribution in [2.24, 2.45) is 0 Å². The second-order valence-electron chi connectivity index (χ2n) is 4.65. The summed E-state index contributed by atoms with van der Waals surface area (Å²) in [7, 11) is 2.12. The van der Waals surface area contributed by atoms with Crippen molar-refractivity contribution in [3.63, 3.8) is 0 Å². The van der Waals surface area contributed by atoms with Crippen molar-refractivity contribution in [1.82, 2.24) is 9.47 Å². The summed E-state index contributed by atoms with van der Waals surface area (Å²) in [5.41, 5.74) is 2.67. The second kappa shape index (κ2) is 3.81. The van der Waals surface area contributed by atoms with Crippen molar-refractivity contribution in [1.29, 1.82) is 0 Å². The standard InChI is InChI=1S/C12H18N2O/c1-9(2)14-8-11-7-13(3)5-4-10(11)6-12(14)15/h6,8-9H,4-5,7H2,1-3H3. The van der Waals surface area contributed by atoms with Crippen LogP contribution < -0.4 is 5.56 Å². The van der Waals surface area contributed by atoms with Gasteiger partial charge in [0.1, 0.15) is 0 Å². The first-order valence-electron chi connectivity index (χ1n) is 5.50. The molecule has 1 aromatic rings. The first kappa shape index (κ1) is 10.4. The van der Waals surface area contributed by atoms with E-state index in [-0.39, 0.29) is 11.6 Å². The van der Waals surface area contributed by atoms with Gasteiger partial charge in [0.2, 0.25) is 0 Å². The Hall–Kier alpha value is -1.09. The molecule has 0 fully saturated rings. The number of pyridine rings is 1. The van der Waals surface area contributed by atoms with E-state index in [0.717, 1.165) is 19.5 Å². The quantitative estimate of drug-likeness (QED) is 0.694. The zero-order valence-electron chi connectivity index (χ0n) is 9.66. The number of rotatable bonds is 1. The van der Waals surface area contributed by atoms with Gasteiger partial charge in [0.05, 0.1) is 0 Å². The maximum atomic E-state index is 11.8. The van der Waals surface area contributed by atoms with Crippen molar-refractivity contribution in [3.05, 3.63) is 33.7 Å². The molecule has 1 aliphatic rings. The molecule has 0 radical (unpaired) electrons. The van der Waals surface area contributed by atoms with Crippen LogP contribution >= 0.6 is 0 Å². The predicted molar refractivity (Wildman–Crippen MR) is 61.1 cm³/mol. The zero-order chi connectivity index (χ0) is 11.0. The Kier molecular flexibility index (Phi) is 2.65. The summed E-state index contributed by atoms with van der Waals surface area (Å²) in [6.07, 6.45) is 3.03. The Balaban J connectivity index is 2.47. The number of hydrogen-bond acceptors (Lipinski definition) is 2. The molecule has 0 saturated heterocycles. The topological polar surface area (TPSA) is 25.2 Å². The molecule has 1 aliphatic heterocycles. The molecule has 2 heterocycles. The van der Waals surface area contributed by atoms with Crippen LogP contribution in [0.4, 0.5) is 0 Å². The molecule has 0 unspecified atom stereocenters. The third kappa shape index (κ3) is 1.97. The maximum absolute atomic E-state index is 11.8. The summed E-state index contributed by atoms with van der Waals surface area (Å²) in [4.78, 5) is 14.1. The zero-order valence-corrected chi connectivity index (χ0v) is 9.66. The van der Waals surface area contributed by atoms with E-state index < -0.39 is 0 Å². The van der Waals surface area contributed by atoms with Crippen LogP contribution in [0.15, 0.2) is 17.1 Å². The molecule has 2 rings (SSSR count). The van der Waals surface area contributed by atoms with E-state index in [1.807, 2.05) is 30.7 Å². The molecule has 3 nitrogen and oxygen atoms in total. The van der Waals surface area contributed by atoms with E-state index in [1.54, 1.807) is 0 Å². The summed E-state index contributed by atoms with van der Waals surface area (Å²) in [5.74, 6) is 0. The van der Waals surface area contributed by atoms with Gasteiger partial charge in [-0.05, 0) is 38.4 Å². The van der Waals surface area contributed by atoms with Crippen molar-refractivity contribution in [3.8, 4) is 0 Å². The normalized spacial score (nSPS) is 16.8. The molecule has 1 aromatic heterocycles. The number of nitrogens with zero attached hydrogens (tertiary/aromatic N) is 2. The minimum absolute atomic E-state index is 0.133. The first-order chi connectivity index (χ1) is 7.08. The molecule has 0 atom stereocenters. The van der Waals surface area contributed by atoms with Crippen molar-refractivity contribution in [2.45, 2.75) is 32.9 Å². The van der Waals surface area contributed by atoms with Crippen molar-refractivity contribution in [2.75, 3.05) is 13.6 Å². The van der Waals surface area contributed by atoms with Crippen LogP contribution in [0.3, 0.4) is 0 Å². The van der Waals surface area contributed by atoms with Gasteiger partial charge in [0, 0.05) is 31.4 Å². The highest BCUT2D eigenvalue weighted by Crippen LogP contribution is 2.16. The highest BCUT2D eigenvalue weighted by atomic mass is 16.1. The van der Waals surface area contributed by atoms with E-state index >= 15 is 0 Å². The summed E-state index contributed by atoms with van der Waals surface area (Å²) >= 11 is 0. The van der Waals surface area contributed by atoms with Crippen LogP contribution in [-0.4, -0.2) is 23.1 Å². The summed E-state index contributed by atoms with van der Waals surface area (Å²) < 4.78 is 1.82. The summed E-state index contributed by atoms with van der Waals surface area (Å²) in [6, 6.07) is 2.05. The van der Waals surface area contributed by atoms with Crippen LogP contribution in [0, 0.1) is 0 Å². The van der Waals surface area contributed by atoms with E-state index in [9.17, 15) is 4.79 Å². The molecule has 0 bridgehead atoms. The third-order valence-electron chi connectivity index (χ3n) is 3.02. The van der Waals surface area contributed by atoms with Crippen LogP contribution in [0.1, 0.15) is 31.0 Å². The number of hydrogen-bond donors (Lipinski definition) is 0. The molecule has 0 spiro atoms. The van der Waals surface area contributed by atoms with E-state index in [4.69, 9.17) is 0 Å². The molecule has 0 N–H and O–H groups in total. The fourth-order valence-electron chi connectivity index (χ4n) is 2.09. The minimum Gasteiger partial charge on any atom is -0.313 e. The Bertz CT molecular complexity index is 420. The van der Waals surface area contributed by atoms with E-state index in [2.05, 4.69) is 11.9 Å². The number of aromatic nitrogens is 1. The van der Waals surface area contributed by atoms with Gasteiger partial charge in [-0.25, -0.2) is 0 Å². The van der Waals surface area contributed by atoms with Crippen LogP contribution in [0.25, 0.3) is 0 Å². The summed E-state index contributed by atoms with van der Waals surface area (Å²) in [5, 5.41) is 0. The lowest BCUT2D eigenvalue weighted by Crippen LogP contribution is -2.31. The predicted octanol–water partition coefficient (Wildman–Crippen LogP) is 1.42. The van der Waals surface area contributed by atoms with Gasteiger partial charge in [-0.1, -0.05) is 0 Å². The van der Waals surface area contributed by atoms with Gasteiger partial charge in [-0.3, -0.25) is 4.79 Å². The lowest BCUT2D eigenvalue weighted by Gasteiger charge is -2.26. The SMILES string of the molecule is CC(C)n1cc2c(cc1=O)CCN(C)C2. The largest absolute Gasteiger partial charge is 0.313 e. The maximum Gasteiger partial charge on any atom is 0.251 e. The lowest BCUT2D eigenvalue weighted by atomic mass is 10.0. The van der Waals surface area contributed by atoms with Crippen molar-refractivity contribution >= 4 is 0 Å². The van der Waals surface area contributed by atoms with Gasteiger partial charge in [-0.15, -0.1) is 0 Å². The highest BCUT2D eigenvalue weighted by molar-refractivity contribution is 5.26. The molecular weight excluding hydrogens is 188 g/mol. The highest BCUT2D eigenvalue weighted by Gasteiger charge is 2.15. The smallest absolute Gasteiger partial charge is 0.251 e. The Morgan fingerprint density at radius 1 is 1.33 bits per heavy atom. The van der Waals surface area contributed by atoms with Crippen LogP contribution in [0.2, 0.25) is 0 Å². The van der Waals surface area contributed by atoms with Crippen LogP contribution in [0.5, 0.6) is 0 Å². The van der Waals surface area contributed by atoms with Gasteiger partial charge < -0.3 is 9.47 Å². The minimum atomic E-state index is 0.133. The van der Waals surface area contributed by atoms with E-state index in [0.29, 0.717) is 0 Å². The Morgan fingerprint density at radius 2 is 2.07 bits per heavy atom. The molecular formula is C12H18N2O. The molecule has 0 saturated carbocycles. The number of likely N-dealkylation sites (N-methyl/N-ethyl adjacent to an activating group) is 1. The molecule has 0 aliphatic carbocycles. The first-order valence-corrected chi connectivity index (χ1v) is 5.50. The van der Waals surface area contributed by atoms with Crippen LogP contribution in [-0.2, 0) is 13.0 Å². The molecule has 0 aromatic carbocycles. The molecule has 15 heavy (non-hydrogen) atoms. The fraction of sp³-hybridized carbons (Fsp3) is 0.583. The molecule has 0 amide bonds. The lowest BCUT2D eigenvalue weighted by molar-refractivity contribution is 0.310. The van der Waals surface area contributed by atoms with Crippen molar-refractivity contribution < 1.29 is 0 Å². The monoisotopic (exact) mass is 206 g/mol.